The summed E-state index contributed by atoms with van der Waals surface area (Å²) in [5, 5.41) is 121. The molecule has 17 unspecified atom stereocenters. The highest BCUT2D eigenvalue weighted by molar-refractivity contribution is 5.76. The minimum absolute atomic E-state index is 0.228. The van der Waals surface area contributed by atoms with Crippen LogP contribution in [-0.4, -0.2) is 193 Å². The molecule has 586 valence electrons. The van der Waals surface area contributed by atoms with E-state index in [2.05, 4.69) is 92.1 Å². The quantitative estimate of drug-likeness (QED) is 0.0199. The number of aliphatic hydroxyl groups is 11. The van der Waals surface area contributed by atoms with Gasteiger partial charge in [0.1, 0.15) is 73.2 Å². The van der Waals surface area contributed by atoms with E-state index in [-0.39, 0.29) is 18.9 Å². The average molecular weight is 1430 g/mol. The van der Waals surface area contributed by atoms with Crippen LogP contribution in [0.2, 0.25) is 0 Å². The first kappa shape index (κ1) is 92.2. The van der Waals surface area contributed by atoms with Crippen molar-refractivity contribution in [3.63, 3.8) is 0 Å². The Labute approximate surface area is 610 Å². The van der Waals surface area contributed by atoms with Crippen molar-refractivity contribution < 1.29 is 89.4 Å². The van der Waals surface area contributed by atoms with Crippen molar-refractivity contribution in [1.29, 1.82) is 0 Å². The predicted molar refractivity (Wildman–Crippen MR) is 401 cm³/mol. The Morgan fingerprint density at radius 2 is 0.693 bits per heavy atom. The maximum absolute atomic E-state index is 13.5. The van der Waals surface area contributed by atoms with E-state index in [1.165, 1.54) is 186 Å². The summed E-state index contributed by atoms with van der Waals surface area (Å²) in [6, 6.07) is -1.00. The Morgan fingerprint density at radius 3 is 1.11 bits per heavy atom. The first-order valence-corrected chi connectivity index (χ1v) is 40.3. The van der Waals surface area contributed by atoms with E-state index >= 15 is 0 Å². The fourth-order valence-electron chi connectivity index (χ4n) is 13.2. The molecule has 0 aliphatic carbocycles. The van der Waals surface area contributed by atoms with Crippen LogP contribution in [0, 0.1) is 0 Å². The number of ether oxygens (including phenoxy) is 6. The van der Waals surface area contributed by atoms with E-state index in [1.54, 1.807) is 6.08 Å². The molecule has 19 heteroatoms. The number of amides is 1. The number of allylic oxidation sites excluding steroid dienone is 13. The maximum atomic E-state index is 13.5. The minimum atomic E-state index is -1.99. The molecule has 17 atom stereocenters. The van der Waals surface area contributed by atoms with Crippen LogP contribution in [-0.2, 0) is 33.2 Å². The average Bonchev–Trinajstić information content (AvgIpc) is 0.782. The van der Waals surface area contributed by atoms with Crippen molar-refractivity contribution in [2.75, 3.05) is 26.4 Å². The highest BCUT2D eigenvalue weighted by atomic mass is 16.8. The highest BCUT2D eigenvalue weighted by Gasteiger charge is 2.54. The third-order valence-corrected chi connectivity index (χ3v) is 19.7. The van der Waals surface area contributed by atoms with Crippen molar-refractivity contribution in [2.45, 2.75) is 401 Å². The predicted octanol–water partition coefficient (Wildman–Crippen LogP) is 13.4. The number of aliphatic hydroxyl groups excluding tert-OH is 11. The van der Waals surface area contributed by atoms with E-state index in [1.807, 2.05) is 6.08 Å². The standard InChI is InChI=1S/C82H145NO18/c1-3-5-7-9-11-13-15-17-19-21-23-25-27-29-31-32-34-35-37-39-41-43-45-47-49-51-53-55-57-59-66(87)65(83-70(88)60-58-56-54-52-50-48-46-44-42-40-38-36-33-30-28-26-24-22-20-18-16-14-12-10-8-6-4-2)64-96-80-76(94)73(91)78(68(62-85)98-80)101-82-77(95)74(92)79(69(63-86)99-82)100-81-75(93)72(90)71(89)67(61-84)97-81/h6,8,12,14,18,20,24,26,41,43,49,51,57,59,65-69,71-82,84-87,89-95H,3-5,7,9-11,13,15-17,19,21-23,25,27-40,42,44-48,50,52-56,58,60-64H2,1-2H3,(H,83,88)/b8-6-,14-12-,20-18-,26-24-,43-41+,51-49+,59-57+. The number of nitrogens with one attached hydrogen (secondary N) is 1. The van der Waals surface area contributed by atoms with Crippen molar-refractivity contribution in [3.05, 3.63) is 85.1 Å². The largest absolute Gasteiger partial charge is 0.394 e. The van der Waals surface area contributed by atoms with Gasteiger partial charge in [0.15, 0.2) is 18.9 Å². The molecule has 3 fully saturated rings. The number of unbranched alkanes of at least 4 members (excludes halogenated alkanes) is 35. The lowest BCUT2D eigenvalue weighted by Crippen LogP contribution is -2.66. The summed E-state index contributed by atoms with van der Waals surface area (Å²) in [5.41, 5.74) is 0. The third-order valence-electron chi connectivity index (χ3n) is 19.7. The number of carbonyl (C=O) groups excluding carboxylic acids is 1. The molecule has 3 aliphatic heterocycles. The maximum Gasteiger partial charge on any atom is 0.220 e. The zero-order valence-electron chi connectivity index (χ0n) is 62.6. The van der Waals surface area contributed by atoms with Crippen LogP contribution in [0.3, 0.4) is 0 Å². The van der Waals surface area contributed by atoms with E-state index in [9.17, 15) is 61.0 Å². The van der Waals surface area contributed by atoms with Gasteiger partial charge < -0.3 is 89.9 Å². The summed E-state index contributed by atoms with van der Waals surface area (Å²) in [5.74, 6) is -0.290. The summed E-state index contributed by atoms with van der Waals surface area (Å²) in [6.07, 6.45) is 55.7. The fraction of sp³-hybridized carbons (Fsp3) is 0.817. The van der Waals surface area contributed by atoms with Crippen LogP contribution in [0.1, 0.15) is 296 Å². The molecule has 0 radical (unpaired) electrons. The zero-order valence-corrected chi connectivity index (χ0v) is 62.6. The van der Waals surface area contributed by atoms with Gasteiger partial charge in [-0.25, -0.2) is 0 Å². The second-order valence-electron chi connectivity index (χ2n) is 28.5. The van der Waals surface area contributed by atoms with Crippen molar-refractivity contribution in [2.24, 2.45) is 0 Å². The number of hydrogen-bond acceptors (Lipinski definition) is 18. The lowest BCUT2D eigenvalue weighted by atomic mass is 9.96. The van der Waals surface area contributed by atoms with Crippen LogP contribution in [0.25, 0.3) is 0 Å². The minimum Gasteiger partial charge on any atom is -0.394 e. The fourth-order valence-corrected chi connectivity index (χ4v) is 13.2. The number of rotatable bonds is 63. The molecule has 0 saturated carbocycles. The molecule has 0 aromatic rings. The van der Waals surface area contributed by atoms with Gasteiger partial charge in [-0.15, -0.1) is 0 Å². The Morgan fingerprint density at radius 1 is 0.366 bits per heavy atom. The molecule has 3 rings (SSSR count). The van der Waals surface area contributed by atoms with Crippen molar-refractivity contribution in [1.82, 2.24) is 5.32 Å². The summed E-state index contributed by atoms with van der Waals surface area (Å²) in [6.45, 7) is 1.63. The normalized spacial score (nSPS) is 26.8. The van der Waals surface area contributed by atoms with Gasteiger partial charge in [0.2, 0.25) is 5.91 Å². The Bertz CT molecular complexity index is 2150. The molecule has 0 bridgehead atoms. The van der Waals surface area contributed by atoms with Crippen LogP contribution in [0.5, 0.6) is 0 Å². The molecule has 3 aliphatic rings. The van der Waals surface area contributed by atoms with Gasteiger partial charge in [-0.3, -0.25) is 4.79 Å². The van der Waals surface area contributed by atoms with Crippen LogP contribution in [0.4, 0.5) is 0 Å². The molecule has 3 saturated heterocycles. The Kier molecular flexibility index (Phi) is 56.6. The highest BCUT2D eigenvalue weighted by Crippen LogP contribution is 2.33. The van der Waals surface area contributed by atoms with E-state index < -0.39 is 124 Å². The summed E-state index contributed by atoms with van der Waals surface area (Å²) in [7, 11) is 0. The van der Waals surface area contributed by atoms with Gasteiger partial charge in [0, 0.05) is 6.42 Å². The van der Waals surface area contributed by atoms with Crippen molar-refractivity contribution >= 4 is 5.91 Å². The Hall–Kier alpha value is -3.03. The molecule has 19 nitrogen and oxygen atoms in total. The molecule has 12 N–H and O–H groups in total. The second kappa shape index (κ2) is 62.1. The van der Waals surface area contributed by atoms with E-state index in [4.69, 9.17) is 28.4 Å². The van der Waals surface area contributed by atoms with E-state index in [0.717, 1.165) is 77.0 Å². The molecule has 1 amide bonds. The Balaban J connectivity index is 1.40. The summed E-state index contributed by atoms with van der Waals surface area (Å²) in [4.78, 5) is 13.5. The first-order chi connectivity index (χ1) is 49.3. The van der Waals surface area contributed by atoms with Crippen LogP contribution < -0.4 is 5.32 Å². The van der Waals surface area contributed by atoms with Gasteiger partial charge >= 0.3 is 0 Å². The summed E-state index contributed by atoms with van der Waals surface area (Å²) >= 11 is 0. The molecule has 101 heavy (non-hydrogen) atoms. The monoisotopic (exact) mass is 1430 g/mol. The van der Waals surface area contributed by atoms with Gasteiger partial charge in [0.25, 0.3) is 0 Å². The van der Waals surface area contributed by atoms with Gasteiger partial charge in [-0.2, -0.15) is 0 Å². The molecule has 0 aromatic heterocycles. The summed E-state index contributed by atoms with van der Waals surface area (Å²) < 4.78 is 34.4. The smallest absolute Gasteiger partial charge is 0.220 e. The number of hydrogen-bond donors (Lipinski definition) is 12. The molecule has 0 aromatic carbocycles. The van der Waals surface area contributed by atoms with Gasteiger partial charge in [0.05, 0.1) is 38.6 Å². The molecule has 0 spiro atoms. The van der Waals surface area contributed by atoms with Crippen molar-refractivity contribution in [3.8, 4) is 0 Å². The molecular formula is C82H145NO18. The van der Waals surface area contributed by atoms with Gasteiger partial charge in [-0.05, 0) is 83.5 Å². The SMILES string of the molecule is CC/C=C\C/C=C\C/C=C\C/C=C\CCCCCCCCCCCCCCCCC(=O)NC(COC1OC(CO)C(OC2OC(CO)C(OC3OC(CO)C(O)C(O)C3O)C(O)C2O)C(O)C1O)C(O)/C=C/CC/C=C/CC/C=C/CCCCCCCCCCCCCCCCCCCCC. The molecular weight excluding hydrogens is 1290 g/mol. The lowest BCUT2D eigenvalue weighted by molar-refractivity contribution is -0.379. The second-order valence-corrected chi connectivity index (χ2v) is 28.5. The lowest BCUT2D eigenvalue weighted by Gasteiger charge is -2.48. The first-order valence-electron chi connectivity index (χ1n) is 40.3. The topological polar surface area (TPSA) is 307 Å². The third kappa shape index (κ3) is 42.2. The number of carbonyl (C=O) groups is 1. The van der Waals surface area contributed by atoms with E-state index in [0.29, 0.717) is 12.8 Å². The van der Waals surface area contributed by atoms with Crippen LogP contribution >= 0.6 is 0 Å². The van der Waals surface area contributed by atoms with Crippen LogP contribution in [0.15, 0.2) is 85.1 Å². The molecule has 3 heterocycles. The van der Waals surface area contributed by atoms with Gasteiger partial charge in [-0.1, -0.05) is 292 Å². The zero-order chi connectivity index (χ0) is 73.2.